The van der Waals surface area contributed by atoms with E-state index in [2.05, 4.69) is 34.1 Å². The number of hydrogen-bond acceptors (Lipinski definition) is 4. The van der Waals surface area contributed by atoms with Gasteiger partial charge < -0.3 is 20.3 Å². The summed E-state index contributed by atoms with van der Waals surface area (Å²) in [5.74, 6) is -0.426. The molecule has 0 unspecified atom stereocenters. The van der Waals surface area contributed by atoms with Crippen LogP contribution in [0, 0.1) is 6.92 Å². The summed E-state index contributed by atoms with van der Waals surface area (Å²) >= 11 is 0. The first-order valence-electron chi connectivity index (χ1n) is 7.48. The molecule has 0 saturated carbocycles. The SMILES string of the molecule is CCN(CC)CCNC(=O)Nc1cc(C(=O)OC)ccc1C. The number of carbonyl (C=O) groups excluding carboxylic acids is 2. The molecule has 0 saturated heterocycles. The topological polar surface area (TPSA) is 70.7 Å². The van der Waals surface area contributed by atoms with Gasteiger partial charge in [-0.25, -0.2) is 9.59 Å². The van der Waals surface area contributed by atoms with Crippen molar-refractivity contribution in [2.24, 2.45) is 0 Å². The van der Waals surface area contributed by atoms with Gasteiger partial charge in [0.2, 0.25) is 0 Å². The van der Waals surface area contributed by atoms with Gasteiger partial charge in [0.15, 0.2) is 0 Å². The molecule has 0 bridgehead atoms. The van der Waals surface area contributed by atoms with Crippen LogP contribution in [-0.2, 0) is 4.74 Å². The van der Waals surface area contributed by atoms with Gasteiger partial charge in [-0.3, -0.25) is 0 Å². The number of likely N-dealkylation sites (N-methyl/N-ethyl adjacent to an activating group) is 1. The molecule has 0 aliphatic heterocycles. The van der Waals surface area contributed by atoms with Crippen molar-refractivity contribution in [3.63, 3.8) is 0 Å². The smallest absolute Gasteiger partial charge is 0.337 e. The quantitative estimate of drug-likeness (QED) is 0.758. The summed E-state index contributed by atoms with van der Waals surface area (Å²) in [7, 11) is 1.33. The third kappa shape index (κ3) is 5.37. The zero-order chi connectivity index (χ0) is 16.5. The molecule has 0 spiro atoms. The highest BCUT2D eigenvalue weighted by molar-refractivity contribution is 5.94. The summed E-state index contributed by atoms with van der Waals surface area (Å²) in [6, 6.07) is 4.78. The maximum absolute atomic E-state index is 11.9. The van der Waals surface area contributed by atoms with Crippen molar-refractivity contribution in [2.75, 3.05) is 38.6 Å². The molecule has 1 rings (SSSR count). The van der Waals surface area contributed by atoms with Crippen molar-refractivity contribution < 1.29 is 14.3 Å². The van der Waals surface area contributed by atoms with Crippen molar-refractivity contribution in [3.05, 3.63) is 29.3 Å². The van der Waals surface area contributed by atoms with Gasteiger partial charge in [0.25, 0.3) is 0 Å². The zero-order valence-corrected chi connectivity index (χ0v) is 13.7. The predicted octanol–water partition coefficient (Wildman–Crippen LogP) is 2.24. The molecular formula is C16H25N3O3. The molecule has 6 nitrogen and oxygen atoms in total. The van der Waals surface area contributed by atoms with Crippen molar-refractivity contribution in [2.45, 2.75) is 20.8 Å². The molecule has 0 aliphatic rings. The fourth-order valence-corrected chi connectivity index (χ4v) is 2.04. The molecule has 1 aromatic rings. The number of nitrogens with zero attached hydrogens (tertiary/aromatic N) is 1. The molecular weight excluding hydrogens is 282 g/mol. The highest BCUT2D eigenvalue weighted by Crippen LogP contribution is 2.17. The Morgan fingerprint density at radius 3 is 2.50 bits per heavy atom. The number of urea groups is 1. The van der Waals surface area contributed by atoms with Gasteiger partial charge in [-0.1, -0.05) is 19.9 Å². The monoisotopic (exact) mass is 307 g/mol. The lowest BCUT2D eigenvalue weighted by Gasteiger charge is -2.18. The second kappa shape index (κ2) is 9.04. The number of amides is 2. The number of hydrogen-bond donors (Lipinski definition) is 2. The summed E-state index contributed by atoms with van der Waals surface area (Å²) in [4.78, 5) is 25.7. The Hall–Kier alpha value is -2.08. The van der Waals surface area contributed by atoms with E-state index >= 15 is 0 Å². The molecule has 2 amide bonds. The molecule has 6 heteroatoms. The second-order valence-electron chi connectivity index (χ2n) is 4.93. The van der Waals surface area contributed by atoms with Crippen molar-refractivity contribution in [3.8, 4) is 0 Å². The maximum Gasteiger partial charge on any atom is 0.337 e. The Balaban J connectivity index is 2.58. The number of aryl methyl sites for hydroxylation is 1. The summed E-state index contributed by atoms with van der Waals surface area (Å²) in [5, 5.41) is 5.58. The molecule has 0 aromatic heterocycles. The van der Waals surface area contributed by atoms with E-state index in [-0.39, 0.29) is 6.03 Å². The lowest BCUT2D eigenvalue weighted by atomic mass is 10.1. The van der Waals surface area contributed by atoms with E-state index < -0.39 is 5.97 Å². The first kappa shape index (κ1) is 18.0. The molecule has 0 aliphatic carbocycles. The van der Waals surface area contributed by atoms with Crippen LogP contribution in [0.4, 0.5) is 10.5 Å². The fraction of sp³-hybridized carbons (Fsp3) is 0.500. The summed E-state index contributed by atoms with van der Waals surface area (Å²) < 4.78 is 4.68. The Kier molecular flexibility index (Phi) is 7.39. The molecule has 1 aromatic carbocycles. The highest BCUT2D eigenvalue weighted by Gasteiger charge is 2.10. The van der Waals surface area contributed by atoms with Gasteiger partial charge in [0.1, 0.15) is 0 Å². The van der Waals surface area contributed by atoms with Crippen molar-refractivity contribution in [1.29, 1.82) is 0 Å². The molecule has 22 heavy (non-hydrogen) atoms. The minimum atomic E-state index is -0.426. The fourth-order valence-electron chi connectivity index (χ4n) is 2.04. The lowest BCUT2D eigenvalue weighted by Crippen LogP contribution is -2.37. The van der Waals surface area contributed by atoms with Crippen LogP contribution in [0.15, 0.2) is 18.2 Å². The van der Waals surface area contributed by atoms with E-state index in [1.165, 1.54) is 7.11 Å². The Morgan fingerprint density at radius 2 is 1.91 bits per heavy atom. The number of ether oxygens (including phenoxy) is 1. The van der Waals surface area contributed by atoms with E-state index in [1.54, 1.807) is 18.2 Å². The Bertz CT molecular complexity index is 513. The van der Waals surface area contributed by atoms with Crippen LogP contribution in [-0.4, -0.2) is 50.2 Å². The van der Waals surface area contributed by atoms with Crippen molar-refractivity contribution in [1.82, 2.24) is 10.2 Å². The number of methoxy groups -OCH3 is 1. The van der Waals surface area contributed by atoms with Crippen LogP contribution in [0.2, 0.25) is 0 Å². The van der Waals surface area contributed by atoms with Gasteiger partial charge in [-0.15, -0.1) is 0 Å². The predicted molar refractivity (Wildman–Crippen MR) is 87.3 cm³/mol. The van der Waals surface area contributed by atoms with Crippen LogP contribution in [0.5, 0.6) is 0 Å². The second-order valence-corrected chi connectivity index (χ2v) is 4.93. The molecule has 122 valence electrons. The highest BCUT2D eigenvalue weighted by atomic mass is 16.5. The zero-order valence-electron chi connectivity index (χ0n) is 13.7. The molecule has 0 atom stereocenters. The number of esters is 1. The third-order valence-corrected chi connectivity index (χ3v) is 3.51. The van der Waals surface area contributed by atoms with E-state index in [0.717, 1.165) is 25.2 Å². The minimum absolute atomic E-state index is 0.280. The first-order chi connectivity index (χ1) is 10.5. The largest absolute Gasteiger partial charge is 0.465 e. The first-order valence-corrected chi connectivity index (χ1v) is 7.48. The van der Waals surface area contributed by atoms with Crippen LogP contribution in [0.3, 0.4) is 0 Å². The number of nitrogens with one attached hydrogen (secondary N) is 2. The summed E-state index contributed by atoms with van der Waals surface area (Å²) in [6.07, 6.45) is 0. The molecule has 0 fully saturated rings. The molecule has 0 radical (unpaired) electrons. The average Bonchev–Trinajstić information content (AvgIpc) is 2.53. The number of carbonyl (C=O) groups is 2. The molecule has 2 N–H and O–H groups in total. The number of rotatable bonds is 7. The number of benzene rings is 1. The van der Waals surface area contributed by atoms with Gasteiger partial charge in [0.05, 0.1) is 12.7 Å². The van der Waals surface area contributed by atoms with Crippen molar-refractivity contribution >= 4 is 17.7 Å². The van der Waals surface area contributed by atoms with Crippen LogP contribution in [0.1, 0.15) is 29.8 Å². The van der Waals surface area contributed by atoms with Gasteiger partial charge in [0, 0.05) is 18.8 Å². The van der Waals surface area contributed by atoms with E-state index in [0.29, 0.717) is 17.8 Å². The maximum atomic E-state index is 11.9. The Labute approximate surface area is 131 Å². The van der Waals surface area contributed by atoms with Gasteiger partial charge in [-0.2, -0.15) is 0 Å². The van der Waals surface area contributed by atoms with Gasteiger partial charge in [-0.05, 0) is 37.7 Å². The minimum Gasteiger partial charge on any atom is -0.465 e. The van der Waals surface area contributed by atoms with E-state index in [1.807, 2.05) is 6.92 Å². The molecule has 0 heterocycles. The lowest BCUT2D eigenvalue weighted by molar-refractivity contribution is 0.0600. The summed E-state index contributed by atoms with van der Waals surface area (Å²) in [5.41, 5.74) is 1.89. The summed E-state index contributed by atoms with van der Waals surface area (Å²) in [6.45, 7) is 9.34. The van der Waals surface area contributed by atoms with E-state index in [9.17, 15) is 9.59 Å². The van der Waals surface area contributed by atoms with Crippen LogP contribution >= 0.6 is 0 Å². The third-order valence-electron chi connectivity index (χ3n) is 3.51. The van der Waals surface area contributed by atoms with Crippen LogP contribution in [0.25, 0.3) is 0 Å². The Morgan fingerprint density at radius 1 is 1.23 bits per heavy atom. The standard InChI is InChI=1S/C16H25N3O3/c1-5-19(6-2)10-9-17-16(21)18-14-11-13(15(20)22-4)8-7-12(14)3/h7-8,11H,5-6,9-10H2,1-4H3,(H2,17,18,21). The number of anilines is 1. The average molecular weight is 307 g/mol. The van der Waals surface area contributed by atoms with Crippen LogP contribution < -0.4 is 10.6 Å². The van der Waals surface area contributed by atoms with Gasteiger partial charge >= 0.3 is 12.0 Å². The normalized spacial score (nSPS) is 10.4. The van der Waals surface area contributed by atoms with E-state index in [4.69, 9.17) is 0 Å².